The Hall–Kier alpha value is -0.940. The van der Waals surface area contributed by atoms with Crippen LogP contribution in [0, 0.1) is 5.92 Å². The third-order valence-corrected chi connectivity index (χ3v) is 3.61. The van der Waals surface area contributed by atoms with Crippen molar-refractivity contribution >= 4 is 0 Å². The van der Waals surface area contributed by atoms with E-state index < -0.39 is 0 Å². The molecule has 1 N–H and O–H groups in total. The maximum atomic E-state index is 5.08. The van der Waals surface area contributed by atoms with E-state index in [0.717, 1.165) is 50.8 Å². The fourth-order valence-corrected chi connectivity index (χ4v) is 2.56. The molecule has 1 aromatic rings. The summed E-state index contributed by atoms with van der Waals surface area (Å²) in [6.07, 6.45) is 7.77. The average molecular weight is 252 g/mol. The molecule has 1 atom stereocenters. The van der Waals surface area contributed by atoms with Gasteiger partial charge in [-0.15, -0.1) is 10.2 Å². The van der Waals surface area contributed by atoms with E-state index in [-0.39, 0.29) is 0 Å². The lowest BCUT2D eigenvalue weighted by Gasteiger charge is -2.13. The second kappa shape index (κ2) is 7.48. The van der Waals surface area contributed by atoms with Crippen molar-refractivity contribution < 1.29 is 4.74 Å². The highest BCUT2D eigenvalue weighted by molar-refractivity contribution is 4.89. The number of nitrogens with zero attached hydrogens (tertiary/aromatic N) is 3. The highest BCUT2D eigenvalue weighted by Crippen LogP contribution is 2.18. The lowest BCUT2D eigenvalue weighted by molar-refractivity contribution is 0.190. The quantitative estimate of drug-likeness (QED) is 0.774. The summed E-state index contributed by atoms with van der Waals surface area (Å²) in [5.74, 6) is 1.89. The average Bonchev–Trinajstić information content (AvgIpc) is 2.65. The number of hydrogen-bond donors (Lipinski definition) is 1. The van der Waals surface area contributed by atoms with E-state index in [1.807, 2.05) is 6.33 Å². The van der Waals surface area contributed by atoms with Crippen molar-refractivity contribution in [2.75, 3.05) is 26.8 Å². The van der Waals surface area contributed by atoms with E-state index in [4.69, 9.17) is 4.74 Å². The molecule has 0 spiro atoms. The second-order valence-corrected chi connectivity index (χ2v) is 5.04. The third kappa shape index (κ3) is 4.07. The molecule has 5 nitrogen and oxygen atoms in total. The van der Waals surface area contributed by atoms with Gasteiger partial charge in [-0.05, 0) is 44.7 Å². The monoisotopic (exact) mass is 252 g/mol. The van der Waals surface area contributed by atoms with Gasteiger partial charge in [0.25, 0.3) is 0 Å². The Morgan fingerprint density at radius 3 is 3.28 bits per heavy atom. The summed E-state index contributed by atoms with van der Waals surface area (Å²) in [7, 11) is 1.74. The maximum Gasteiger partial charge on any atom is 0.133 e. The molecule has 5 heteroatoms. The van der Waals surface area contributed by atoms with Crippen LogP contribution in [-0.2, 0) is 17.7 Å². The smallest absolute Gasteiger partial charge is 0.133 e. The molecule has 0 radical (unpaired) electrons. The molecule has 102 valence electrons. The van der Waals surface area contributed by atoms with Gasteiger partial charge in [-0.3, -0.25) is 0 Å². The number of aryl methyl sites for hydroxylation is 1. The first-order valence-electron chi connectivity index (χ1n) is 6.96. The van der Waals surface area contributed by atoms with E-state index >= 15 is 0 Å². The largest absolute Gasteiger partial charge is 0.385 e. The molecule has 18 heavy (non-hydrogen) atoms. The van der Waals surface area contributed by atoms with Crippen molar-refractivity contribution in [1.29, 1.82) is 0 Å². The Morgan fingerprint density at radius 1 is 1.44 bits per heavy atom. The molecule has 0 bridgehead atoms. The zero-order chi connectivity index (χ0) is 12.6. The molecule has 1 fully saturated rings. The Balaban J connectivity index is 1.85. The zero-order valence-electron chi connectivity index (χ0n) is 11.3. The summed E-state index contributed by atoms with van der Waals surface area (Å²) in [6.45, 7) is 4.06. The highest BCUT2D eigenvalue weighted by Gasteiger charge is 2.15. The second-order valence-electron chi connectivity index (χ2n) is 5.04. The standard InChI is InChI=1S/C13H24N4O/c1-18-9-3-8-17-11-15-16-13(17)10-12-4-2-6-14-7-5-12/h11-12,14H,2-10H2,1H3. The predicted molar refractivity (Wildman–Crippen MR) is 70.4 cm³/mol. The first kappa shape index (κ1) is 13.5. The van der Waals surface area contributed by atoms with Crippen LogP contribution in [0.4, 0.5) is 0 Å². The molecule has 0 aromatic carbocycles. The van der Waals surface area contributed by atoms with Gasteiger partial charge >= 0.3 is 0 Å². The normalized spacial score (nSPS) is 20.8. The van der Waals surface area contributed by atoms with E-state index in [9.17, 15) is 0 Å². The zero-order valence-corrected chi connectivity index (χ0v) is 11.3. The molecule has 0 aliphatic carbocycles. The lowest BCUT2D eigenvalue weighted by atomic mass is 9.96. The first-order valence-corrected chi connectivity index (χ1v) is 6.96. The molecule has 1 aliphatic rings. The van der Waals surface area contributed by atoms with E-state index in [2.05, 4.69) is 20.1 Å². The van der Waals surface area contributed by atoms with Crippen LogP contribution in [0.1, 0.15) is 31.5 Å². The Kier molecular flexibility index (Phi) is 5.61. The van der Waals surface area contributed by atoms with Gasteiger partial charge in [-0.1, -0.05) is 0 Å². The summed E-state index contributed by atoms with van der Waals surface area (Å²) in [5, 5.41) is 11.8. The van der Waals surface area contributed by atoms with Gasteiger partial charge in [-0.2, -0.15) is 0 Å². The van der Waals surface area contributed by atoms with Gasteiger partial charge in [-0.25, -0.2) is 0 Å². The number of nitrogens with one attached hydrogen (secondary N) is 1. The molecule has 1 aromatic heterocycles. The summed E-state index contributed by atoms with van der Waals surface area (Å²) >= 11 is 0. The lowest BCUT2D eigenvalue weighted by Crippen LogP contribution is -2.15. The van der Waals surface area contributed by atoms with Gasteiger partial charge < -0.3 is 14.6 Å². The third-order valence-electron chi connectivity index (χ3n) is 3.61. The summed E-state index contributed by atoms with van der Waals surface area (Å²) in [6, 6.07) is 0. The molecule has 1 aliphatic heterocycles. The fourth-order valence-electron chi connectivity index (χ4n) is 2.56. The van der Waals surface area contributed by atoms with Crippen LogP contribution in [0.3, 0.4) is 0 Å². The highest BCUT2D eigenvalue weighted by atomic mass is 16.5. The van der Waals surface area contributed by atoms with Crippen molar-refractivity contribution in [3.8, 4) is 0 Å². The van der Waals surface area contributed by atoms with Crippen molar-refractivity contribution in [3.63, 3.8) is 0 Å². The van der Waals surface area contributed by atoms with Crippen LogP contribution >= 0.6 is 0 Å². The minimum atomic E-state index is 0.755. The minimum absolute atomic E-state index is 0.755. The van der Waals surface area contributed by atoms with Gasteiger partial charge in [0.1, 0.15) is 12.2 Å². The number of aromatic nitrogens is 3. The van der Waals surface area contributed by atoms with Crippen LogP contribution < -0.4 is 5.32 Å². The minimum Gasteiger partial charge on any atom is -0.385 e. The van der Waals surface area contributed by atoms with E-state index in [0.29, 0.717) is 0 Å². The van der Waals surface area contributed by atoms with Gasteiger partial charge in [0.15, 0.2) is 0 Å². The van der Waals surface area contributed by atoms with Gasteiger partial charge in [0.2, 0.25) is 0 Å². The topological polar surface area (TPSA) is 52.0 Å². The summed E-state index contributed by atoms with van der Waals surface area (Å²) in [4.78, 5) is 0. The summed E-state index contributed by atoms with van der Waals surface area (Å²) < 4.78 is 7.26. The molecule has 0 saturated carbocycles. The van der Waals surface area contributed by atoms with E-state index in [1.165, 1.54) is 19.3 Å². The van der Waals surface area contributed by atoms with Crippen LogP contribution in [-0.4, -0.2) is 41.6 Å². The van der Waals surface area contributed by atoms with Crippen LogP contribution in [0.2, 0.25) is 0 Å². The molecular formula is C13H24N4O. The molecular weight excluding hydrogens is 228 g/mol. The Morgan fingerprint density at radius 2 is 2.39 bits per heavy atom. The number of ether oxygens (including phenoxy) is 1. The van der Waals surface area contributed by atoms with Crippen LogP contribution in [0.15, 0.2) is 6.33 Å². The van der Waals surface area contributed by atoms with E-state index in [1.54, 1.807) is 7.11 Å². The Labute approximate surface area is 109 Å². The first-order chi connectivity index (χ1) is 8.90. The molecule has 1 unspecified atom stereocenters. The van der Waals surface area contributed by atoms with Crippen molar-refractivity contribution in [1.82, 2.24) is 20.1 Å². The van der Waals surface area contributed by atoms with Crippen molar-refractivity contribution in [3.05, 3.63) is 12.2 Å². The fraction of sp³-hybridized carbons (Fsp3) is 0.846. The SMILES string of the molecule is COCCCn1cnnc1CC1CCCNCC1. The number of rotatable bonds is 6. The molecule has 0 amide bonds. The predicted octanol–water partition coefficient (Wildman–Crippen LogP) is 1.25. The van der Waals surface area contributed by atoms with Crippen LogP contribution in [0.25, 0.3) is 0 Å². The summed E-state index contributed by atoms with van der Waals surface area (Å²) in [5.41, 5.74) is 0. The number of methoxy groups -OCH3 is 1. The van der Waals surface area contributed by atoms with Crippen molar-refractivity contribution in [2.45, 2.75) is 38.6 Å². The van der Waals surface area contributed by atoms with Crippen molar-refractivity contribution in [2.24, 2.45) is 5.92 Å². The van der Waals surface area contributed by atoms with Gasteiger partial charge in [0, 0.05) is 26.7 Å². The van der Waals surface area contributed by atoms with Gasteiger partial charge in [0.05, 0.1) is 0 Å². The molecule has 1 saturated heterocycles. The maximum absolute atomic E-state index is 5.08. The molecule has 2 rings (SSSR count). The molecule has 2 heterocycles. The Bertz CT molecular complexity index is 331. The number of hydrogen-bond acceptors (Lipinski definition) is 4. The van der Waals surface area contributed by atoms with Crippen LogP contribution in [0.5, 0.6) is 0 Å².